The highest BCUT2D eigenvalue weighted by molar-refractivity contribution is 5.87. The van der Waals surface area contributed by atoms with Gasteiger partial charge in [0.25, 0.3) is 0 Å². The first kappa shape index (κ1) is 9.22. The molecular formula is C8H13NO3. The number of aliphatic hydroxyl groups is 2. The van der Waals surface area contributed by atoms with Gasteiger partial charge in [-0.2, -0.15) is 0 Å². The van der Waals surface area contributed by atoms with E-state index in [-0.39, 0.29) is 12.5 Å². The molecule has 12 heavy (non-hydrogen) atoms. The summed E-state index contributed by atoms with van der Waals surface area (Å²) in [5.41, 5.74) is 0. The summed E-state index contributed by atoms with van der Waals surface area (Å²) in [5.74, 6) is -0.194. The van der Waals surface area contributed by atoms with Gasteiger partial charge in [-0.25, -0.2) is 0 Å². The number of β-amino-alcohol motifs (C(OH)–C–C–N with tert-alkyl or cyclic N) is 1. The maximum absolute atomic E-state index is 11.0. The second-order valence-electron chi connectivity index (χ2n) is 2.91. The number of nitrogens with zero attached hydrogens (tertiary/aromatic N) is 1. The fourth-order valence-electron chi connectivity index (χ4n) is 1.25. The summed E-state index contributed by atoms with van der Waals surface area (Å²) in [4.78, 5) is 12.5. The molecule has 0 aromatic heterocycles. The molecule has 0 saturated carbocycles. The first-order chi connectivity index (χ1) is 5.65. The average molecular weight is 171 g/mol. The van der Waals surface area contributed by atoms with Gasteiger partial charge in [-0.1, -0.05) is 6.58 Å². The van der Waals surface area contributed by atoms with Crippen molar-refractivity contribution in [2.24, 2.45) is 0 Å². The van der Waals surface area contributed by atoms with E-state index in [0.29, 0.717) is 13.0 Å². The van der Waals surface area contributed by atoms with Gasteiger partial charge in [-0.05, 0) is 12.5 Å². The van der Waals surface area contributed by atoms with Gasteiger partial charge in [0.2, 0.25) is 5.91 Å². The molecule has 1 aliphatic heterocycles. The highest BCUT2D eigenvalue weighted by Crippen LogP contribution is 2.10. The number of rotatable bonds is 1. The lowest BCUT2D eigenvalue weighted by molar-refractivity contribution is -0.132. The molecule has 0 aliphatic carbocycles. The summed E-state index contributed by atoms with van der Waals surface area (Å²) in [6, 6.07) is 0. The van der Waals surface area contributed by atoms with E-state index in [4.69, 9.17) is 5.11 Å². The number of likely N-dealkylation sites (tertiary alicyclic amines) is 1. The van der Waals surface area contributed by atoms with Crippen LogP contribution in [0.3, 0.4) is 0 Å². The van der Waals surface area contributed by atoms with Crippen LogP contribution in [-0.4, -0.2) is 46.3 Å². The number of piperidine rings is 1. The molecule has 2 atom stereocenters. The van der Waals surface area contributed by atoms with Crippen LogP contribution >= 0.6 is 0 Å². The first-order valence-electron chi connectivity index (χ1n) is 3.92. The molecule has 0 unspecified atom stereocenters. The SMILES string of the molecule is C=CC(=O)N1CC[C@@H](O)[C@@H](O)C1. The minimum Gasteiger partial charge on any atom is -0.390 e. The van der Waals surface area contributed by atoms with Crippen LogP contribution in [0.25, 0.3) is 0 Å². The summed E-state index contributed by atoms with van der Waals surface area (Å²) in [6.45, 7) is 4.03. The number of carbonyl (C=O) groups excluding carboxylic acids is 1. The fraction of sp³-hybridized carbons (Fsp3) is 0.625. The molecule has 0 aromatic rings. The van der Waals surface area contributed by atoms with Crippen LogP contribution in [0.15, 0.2) is 12.7 Å². The molecule has 4 heteroatoms. The van der Waals surface area contributed by atoms with Gasteiger partial charge in [0.05, 0.1) is 12.2 Å². The fourth-order valence-corrected chi connectivity index (χ4v) is 1.25. The largest absolute Gasteiger partial charge is 0.390 e. The Labute approximate surface area is 71.1 Å². The van der Waals surface area contributed by atoms with Gasteiger partial charge >= 0.3 is 0 Å². The lowest BCUT2D eigenvalue weighted by Gasteiger charge is -2.32. The Hall–Kier alpha value is -0.870. The van der Waals surface area contributed by atoms with E-state index in [1.165, 1.54) is 11.0 Å². The zero-order chi connectivity index (χ0) is 9.14. The Morgan fingerprint density at radius 1 is 1.50 bits per heavy atom. The van der Waals surface area contributed by atoms with E-state index >= 15 is 0 Å². The van der Waals surface area contributed by atoms with Crippen LogP contribution in [0.4, 0.5) is 0 Å². The minimum atomic E-state index is -0.817. The maximum Gasteiger partial charge on any atom is 0.246 e. The topological polar surface area (TPSA) is 60.8 Å². The van der Waals surface area contributed by atoms with Crippen molar-refractivity contribution in [3.05, 3.63) is 12.7 Å². The predicted molar refractivity (Wildman–Crippen MR) is 43.4 cm³/mol. The minimum absolute atomic E-state index is 0.194. The molecule has 0 bridgehead atoms. The van der Waals surface area contributed by atoms with Crippen molar-refractivity contribution in [2.75, 3.05) is 13.1 Å². The lowest BCUT2D eigenvalue weighted by Crippen LogP contribution is -2.48. The van der Waals surface area contributed by atoms with Gasteiger partial charge in [0.15, 0.2) is 0 Å². The Bertz CT molecular complexity index is 193. The monoisotopic (exact) mass is 171 g/mol. The van der Waals surface area contributed by atoms with Crippen molar-refractivity contribution in [2.45, 2.75) is 18.6 Å². The van der Waals surface area contributed by atoms with Crippen LogP contribution in [0.5, 0.6) is 0 Å². The molecule has 0 spiro atoms. The second-order valence-corrected chi connectivity index (χ2v) is 2.91. The van der Waals surface area contributed by atoms with Crippen LogP contribution in [0, 0.1) is 0 Å². The molecule has 1 heterocycles. The van der Waals surface area contributed by atoms with Crippen molar-refractivity contribution in [3.63, 3.8) is 0 Å². The molecule has 1 rings (SSSR count). The second kappa shape index (κ2) is 3.69. The van der Waals surface area contributed by atoms with Crippen LogP contribution < -0.4 is 0 Å². The number of carbonyl (C=O) groups is 1. The molecular weight excluding hydrogens is 158 g/mol. The summed E-state index contributed by atoms with van der Waals surface area (Å²) >= 11 is 0. The predicted octanol–water partition coefficient (Wildman–Crippen LogP) is -0.874. The zero-order valence-corrected chi connectivity index (χ0v) is 6.81. The quantitative estimate of drug-likeness (QED) is 0.504. The third-order valence-corrected chi connectivity index (χ3v) is 2.03. The van der Waals surface area contributed by atoms with Gasteiger partial charge in [0.1, 0.15) is 0 Å². The van der Waals surface area contributed by atoms with E-state index in [2.05, 4.69) is 6.58 Å². The molecule has 1 saturated heterocycles. The molecule has 4 nitrogen and oxygen atoms in total. The summed E-state index contributed by atoms with van der Waals surface area (Å²) in [7, 11) is 0. The zero-order valence-electron chi connectivity index (χ0n) is 6.81. The van der Waals surface area contributed by atoms with E-state index in [1.807, 2.05) is 0 Å². The van der Waals surface area contributed by atoms with Gasteiger partial charge in [0, 0.05) is 13.1 Å². The van der Waals surface area contributed by atoms with E-state index in [1.54, 1.807) is 0 Å². The Morgan fingerprint density at radius 3 is 2.67 bits per heavy atom. The van der Waals surface area contributed by atoms with Crippen molar-refractivity contribution in [3.8, 4) is 0 Å². The number of aliphatic hydroxyl groups excluding tert-OH is 2. The molecule has 1 amide bonds. The Kier molecular flexibility index (Phi) is 2.83. The summed E-state index contributed by atoms with van der Waals surface area (Å²) < 4.78 is 0. The summed E-state index contributed by atoms with van der Waals surface area (Å²) in [6.07, 6.45) is 0.132. The van der Waals surface area contributed by atoms with E-state index in [9.17, 15) is 9.90 Å². The summed E-state index contributed by atoms with van der Waals surface area (Å²) in [5, 5.41) is 18.4. The van der Waals surface area contributed by atoms with Crippen molar-refractivity contribution < 1.29 is 15.0 Å². The lowest BCUT2D eigenvalue weighted by atomic mass is 10.1. The molecule has 68 valence electrons. The normalized spacial score (nSPS) is 30.0. The Balaban J connectivity index is 2.50. The third kappa shape index (κ3) is 1.84. The standard InChI is InChI=1S/C8H13NO3/c1-2-8(12)9-4-3-6(10)7(11)5-9/h2,6-7,10-11H,1,3-5H2/t6-,7+/m1/s1. The van der Waals surface area contributed by atoms with Crippen LogP contribution in [0.1, 0.15) is 6.42 Å². The highest BCUT2D eigenvalue weighted by Gasteiger charge is 2.27. The molecule has 0 aromatic carbocycles. The first-order valence-corrected chi connectivity index (χ1v) is 3.92. The van der Waals surface area contributed by atoms with E-state index in [0.717, 1.165) is 0 Å². The van der Waals surface area contributed by atoms with Crippen molar-refractivity contribution >= 4 is 5.91 Å². The van der Waals surface area contributed by atoms with Crippen LogP contribution in [-0.2, 0) is 4.79 Å². The number of hydrogen-bond donors (Lipinski definition) is 2. The van der Waals surface area contributed by atoms with Crippen LogP contribution in [0.2, 0.25) is 0 Å². The number of amides is 1. The highest BCUT2D eigenvalue weighted by atomic mass is 16.3. The molecule has 1 fully saturated rings. The smallest absolute Gasteiger partial charge is 0.246 e. The molecule has 2 N–H and O–H groups in total. The van der Waals surface area contributed by atoms with Gasteiger partial charge in [-0.15, -0.1) is 0 Å². The van der Waals surface area contributed by atoms with Gasteiger partial charge < -0.3 is 15.1 Å². The average Bonchev–Trinajstić information content (AvgIpc) is 2.08. The Morgan fingerprint density at radius 2 is 2.17 bits per heavy atom. The van der Waals surface area contributed by atoms with Crippen molar-refractivity contribution in [1.82, 2.24) is 4.90 Å². The van der Waals surface area contributed by atoms with Crippen molar-refractivity contribution in [1.29, 1.82) is 0 Å². The maximum atomic E-state index is 11.0. The molecule has 0 radical (unpaired) electrons. The van der Waals surface area contributed by atoms with Gasteiger partial charge in [-0.3, -0.25) is 4.79 Å². The molecule has 1 aliphatic rings. The number of hydrogen-bond acceptors (Lipinski definition) is 3. The van der Waals surface area contributed by atoms with E-state index < -0.39 is 12.2 Å². The third-order valence-electron chi connectivity index (χ3n) is 2.03.